The van der Waals surface area contributed by atoms with Crippen molar-refractivity contribution in [3.63, 3.8) is 0 Å². The van der Waals surface area contributed by atoms with Crippen LogP contribution in [0.2, 0.25) is 0 Å². The van der Waals surface area contributed by atoms with Crippen LogP contribution in [0, 0.1) is 0 Å². The van der Waals surface area contributed by atoms with Gasteiger partial charge in [-0.2, -0.15) is 0 Å². The Labute approximate surface area is 186 Å². The molecule has 0 radical (unpaired) electrons. The Morgan fingerprint density at radius 2 is 1.88 bits per heavy atom. The predicted octanol–water partition coefficient (Wildman–Crippen LogP) is 2.70. The highest BCUT2D eigenvalue weighted by Gasteiger charge is 2.52. The zero-order valence-corrected chi connectivity index (χ0v) is 17.8. The summed E-state index contributed by atoms with van der Waals surface area (Å²) in [6, 6.07) is 17.3. The summed E-state index contributed by atoms with van der Waals surface area (Å²) < 4.78 is 23.3. The molecule has 166 valence electrons. The molecule has 3 heterocycles. The Hall–Kier alpha value is -3.04. The van der Waals surface area contributed by atoms with E-state index in [-0.39, 0.29) is 6.23 Å². The summed E-state index contributed by atoms with van der Waals surface area (Å²) in [7, 11) is 1.60. The van der Waals surface area contributed by atoms with Crippen LogP contribution in [0.3, 0.4) is 0 Å². The van der Waals surface area contributed by atoms with Crippen LogP contribution < -0.4 is 9.47 Å². The smallest absolute Gasteiger partial charge is 0.238 e. The molecule has 2 aliphatic heterocycles. The lowest BCUT2D eigenvalue weighted by atomic mass is 10.0. The highest BCUT2D eigenvalue weighted by molar-refractivity contribution is 5.34. The van der Waals surface area contributed by atoms with E-state index in [2.05, 4.69) is 14.9 Å². The van der Waals surface area contributed by atoms with Gasteiger partial charge in [-0.3, -0.25) is 4.98 Å². The minimum absolute atomic E-state index is 0.187. The standard InChI is InChI=1S/C24H25N3O5/c1-29-19-9-7-17(8-10-19)21(28)20-22(26-12-11-25-20)31-14-24-13-30-16-27(24)23(32-15-24)18-5-3-2-4-6-18/h2-12,21,23,28H,13-16H2,1H3/t21?,23-,24-/m1/s1. The maximum atomic E-state index is 10.9. The van der Waals surface area contributed by atoms with Crippen molar-refractivity contribution >= 4 is 0 Å². The number of methoxy groups -OCH3 is 1. The summed E-state index contributed by atoms with van der Waals surface area (Å²) in [6.07, 6.45) is 1.93. The molecule has 32 heavy (non-hydrogen) atoms. The quantitative estimate of drug-likeness (QED) is 0.606. The molecule has 8 heteroatoms. The summed E-state index contributed by atoms with van der Waals surface area (Å²) in [6.45, 7) is 1.73. The molecule has 1 aromatic heterocycles. The van der Waals surface area contributed by atoms with Gasteiger partial charge in [-0.25, -0.2) is 9.88 Å². The van der Waals surface area contributed by atoms with E-state index in [9.17, 15) is 5.11 Å². The van der Waals surface area contributed by atoms with E-state index in [1.165, 1.54) is 0 Å². The number of nitrogens with zero attached hydrogens (tertiary/aromatic N) is 3. The minimum atomic E-state index is -0.977. The van der Waals surface area contributed by atoms with Crippen molar-refractivity contribution in [2.45, 2.75) is 17.9 Å². The van der Waals surface area contributed by atoms with Gasteiger partial charge in [-0.15, -0.1) is 0 Å². The maximum absolute atomic E-state index is 10.9. The van der Waals surface area contributed by atoms with Crippen LogP contribution in [-0.2, 0) is 9.47 Å². The molecule has 0 aliphatic carbocycles. The van der Waals surface area contributed by atoms with Gasteiger partial charge in [0, 0.05) is 12.4 Å². The molecule has 0 bridgehead atoms. The molecule has 2 aromatic carbocycles. The van der Waals surface area contributed by atoms with E-state index in [0.717, 1.165) is 5.56 Å². The molecule has 0 amide bonds. The van der Waals surface area contributed by atoms with Crippen molar-refractivity contribution in [1.82, 2.24) is 14.9 Å². The van der Waals surface area contributed by atoms with Gasteiger partial charge in [0.2, 0.25) is 5.88 Å². The average Bonchev–Trinajstić information content (AvgIpc) is 3.42. The Morgan fingerprint density at radius 1 is 1.09 bits per heavy atom. The largest absolute Gasteiger partial charge is 0.497 e. The minimum Gasteiger partial charge on any atom is -0.497 e. The second-order valence-electron chi connectivity index (χ2n) is 7.96. The highest BCUT2D eigenvalue weighted by Crippen LogP contribution is 2.41. The van der Waals surface area contributed by atoms with Gasteiger partial charge in [-0.05, 0) is 23.3 Å². The first-order valence-electron chi connectivity index (χ1n) is 10.5. The summed E-state index contributed by atoms with van der Waals surface area (Å²) in [5.74, 6) is 1.01. The van der Waals surface area contributed by atoms with Crippen LogP contribution in [0.4, 0.5) is 0 Å². The van der Waals surface area contributed by atoms with Crippen LogP contribution >= 0.6 is 0 Å². The number of fused-ring (bicyclic) bond motifs is 1. The van der Waals surface area contributed by atoms with Crippen molar-refractivity contribution in [3.8, 4) is 11.6 Å². The third-order valence-electron chi connectivity index (χ3n) is 5.95. The van der Waals surface area contributed by atoms with E-state index < -0.39 is 11.6 Å². The summed E-state index contributed by atoms with van der Waals surface area (Å²) >= 11 is 0. The average molecular weight is 435 g/mol. The second kappa shape index (κ2) is 8.84. The Kier molecular flexibility index (Phi) is 5.75. The van der Waals surface area contributed by atoms with Gasteiger partial charge in [0.1, 0.15) is 42.7 Å². The molecule has 0 saturated carbocycles. The highest BCUT2D eigenvalue weighted by atomic mass is 16.6. The van der Waals surface area contributed by atoms with Crippen LogP contribution in [0.5, 0.6) is 11.6 Å². The van der Waals surface area contributed by atoms with Gasteiger partial charge in [0.25, 0.3) is 0 Å². The molecular weight excluding hydrogens is 410 g/mol. The number of aliphatic hydroxyl groups is 1. The van der Waals surface area contributed by atoms with E-state index in [4.69, 9.17) is 18.9 Å². The number of hydrogen-bond donors (Lipinski definition) is 1. The zero-order valence-electron chi connectivity index (χ0n) is 17.8. The van der Waals surface area contributed by atoms with Crippen molar-refractivity contribution in [3.05, 3.63) is 83.8 Å². The van der Waals surface area contributed by atoms with E-state index in [1.54, 1.807) is 43.8 Å². The summed E-state index contributed by atoms with van der Waals surface area (Å²) in [4.78, 5) is 10.9. The molecule has 3 atom stereocenters. The predicted molar refractivity (Wildman–Crippen MR) is 115 cm³/mol. The number of hydrogen-bond acceptors (Lipinski definition) is 8. The van der Waals surface area contributed by atoms with Crippen molar-refractivity contribution in [1.29, 1.82) is 0 Å². The lowest BCUT2D eigenvalue weighted by Crippen LogP contribution is -2.48. The first-order chi connectivity index (χ1) is 15.7. The first kappa shape index (κ1) is 20.8. The Bertz CT molecular complexity index is 1050. The summed E-state index contributed by atoms with van der Waals surface area (Å²) in [5.41, 5.74) is 1.68. The monoisotopic (exact) mass is 435 g/mol. The number of benzene rings is 2. The van der Waals surface area contributed by atoms with E-state index in [1.807, 2.05) is 30.3 Å². The lowest BCUT2D eigenvalue weighted by molar-refractivity contribution is -0.00685. The molecule has 1 N–H and O–H groups in total. The van der Waals surface area contributed by atoms with Gasteiger partial charge in [-0.1, -0.05) is 42.5 Å². The van der Waals surface area contributed by atoms with Gasteiger partial charge in [0.05, 0.1) is 20.3 Å². The second-order valence-corrected chi connectivity index (χ2v) is 7.96. The Balaban J connectivity index is 1.34. The van der Waals surface area contributed by atoms with E-state index >= 15 is 0 Å². The van der Waals surface area contributed by atoms with Crippen LogP contribution in [0.1, 0.15) is 29.2 Å². The first-order valence-corrected chi connectivity index (χ1v) is 10.5. The van der Waals surface area contributed by atoms with Crippen molar-refractivity contribution in [2.75, 3.05) is 33.7 Å². The number of ether oxygens (including phenoxy) is 4. The fourth-order valence-corrected chi connectivity index (χ4v) is 4.16. The van der Waals surface area contributed by atoms with Gasteiger partial charge >= 0.3 is 0 Å². The van der Waals surface area contributed by atoms with Crippen LogP contribution in [-0.4, -0.2) is 59.2 Å². The molecule has 3 aromatic rings. The third-order valence-corrected chi connectivity index (χ3v) is 5.95. The topological polar surface area (TPSA) is 86.2 Å². The third kappa shape index (κ3) is 3.82. The molecule has 5 rings (SSSR count). The number of aromatic nitrogens is 2. The van der Waals surface area contributed by atoms with E-state index in [0.29, 0.717) is 49.4 Å². The van der Waals surface area contributed by atoms with Crippen molar-refractivity contribution in [2.24, 2.45) is 0 Å². The van der Waals surface area contributed by atoms with Crippen LogP contribution in [0.25, 0.3) is 0 Å². The van der Waals surface area contributed by atoms with Crippen molar-refractivity contribution < 1.29 is 24.1 Å². The fraction of sp³-hybridized carbons (Fsp3) is 0.333. The fourth-order valence-electron chi connectivity index (χ4n) is 4.16. The normalized spacial score (nSPS) is 23.6. The molecule has 0 spiro atoms. The number of rotatable bonds is 7. The summed E-state index contributed by atoms with van der Waals surface area (Å²) in [5, 5.41) is 10.9. The zero-order chi connectivity index (χ0) is 22.0. The molecule has 1 unspecified atom stereocenters. The molecule has 2 fully saturated rings. The van der Waals surface area contributed by atoms with Crippen LogP contribution in [0.15, 0.2) is 67.0 Å². The molecule has 2 aliphatic rings. The molecular formula is C24H25N3O5. The Morgan fingerprint density at radius 3 is 2.66 bits per heavy atom. The SMILES string of the molecule is COc1ccc(C(O)c2nccnc2OC[C@@]23COCN2[C@@H](c2ccccc2)OC3)cc1. The van der Waals surface area contributed by atoms with Gasteiger partial charge in [0.15, 0.2) is 0 Å². The lowest BCUT2D eigenvalue weighted by Gasteiger charge is -2.30. The van der Waals surface area contributed by atoms with Gasteiger partial charge < -0.3 is 24.1 Å². The number of aliphatic hydroxyl groups excluding tert-OH is 1. The maximum Gasteiger partial charge on any atom is 0.238 e. The molecule has 2 saturated heterocycles. The molecule has 8 nitrogen and oxygen atoms in total.